The van der Waals surface area contributed by atoms with E-state index in [1.165, 1.54) is 21.3 Å². The Morgan fingerprint density at radius 3 is 1.72 bits per heavy atom. The highest BCUT2D eigenvalue weighted by Gasteiger charge is 2.53. The largest absolute Gasteiger partial charge is 0.525 e. The highest BCUT2D eigenvalue weighted by molar-refractivity contribution is 6.55. The van der Waals surface area contributed by atoms with E-state index >= 15 is 4.39 Å². The maximum absolute atomic E-state index is 15.0. The van der Waals surface area contributed by atoms with Crippen LogP contribution in [0.2, 0.25) is 0 Å². The predicted octanol–water partition coefficient (Wildman–Crippen LogP) is 4.04. The zero-order chi connectivity index (χ0) is 19.0. The Balaban J connectivity index is 2.46. The molecule has 1 fully saturated rings. The van der Waals surface area contributed by atoms with E-state index in [2.05, 4.69) is 0 Å². The molecule has 0 bridgehead atoms. The van der Waals surface area contributed by atoms with Gasteiger partial charge in [0, 0.05) is 0 Å². The molecule has 5 nitrogen and oxygen atoms in total. The molecule has 0 saturated carbocycles. The van der Waals surface area contributed by atoms with Crippen molar-refractivity contribution in [3.05, 3.63) is 23.4 Å². The van der Waals surface area contributed by atoms with E-state index < -0.39 is 24.0 Å². The summed E-state index contributed by atoms with van der Waals surface area (Å²) in [5.74, 6) is 1.37. The van der Waals surface area contributed by atoms with Crippen molar-refractivity contribution in [2.45, 2.75) is 45.8 Å². The second-order valence-corrected chi connectivity index (χ2v) is 6.98. The Hall–Kier alpha value is -1.73. The van der Waals surface area contributed by atoms with Gasteiger partial charge in [0.05, 0.1) is 32.5 Å². The number of allylic oxidation sites excluding steroid dienone is 1. The molecule has 1 aliphatic rings. The summed E-state index contributed by atoms with van der Waals surface area (Å²) < 4.78 is 42.6. The molecule has 1 aromatic carbocycles. The van der Waals surface area contributed by atoms with Gasteiger partial charge in [-0.2, -0.15) is 0 Å². The number of benzene rings is 1. The smallest absolute Gasteiger partial charge is 0.493 e. The number of ether oxygens (including phenoxy) is 3. The van der Waals surface area contributed by atoms with Crippen LogP contribution in [0.25, 0.3) is 5.57 Å². The molecule has 0 radical (unpaired) electrons. The van der Waals surface area contributed by atoms with Crippen molar-refractivity contribution in [1.82, 2.24) is 0 Å². The van der Waals surface area contributed by atoms with Crippen molar-refractivity contribution < 1.29 is 27.9 Å². The Morgan fingerprint density at radius 1 is 0.920 bits per heavy atom. The molecule has 7 heteroatoms. The molecule has 25 heavy (non-hydrogen) atoms. The molecule has 0 N–H and O–H groups in total. The van der Waals surface area contributed by atoms with Crippen LogP contribution in [0.4, 0.5) is 4.39 Å². The van der Waals surface area contributed by atoms with E-state index in [9.17, 15) is 0 Å². The normalized spacial score (nSPS) is 19.5. The summed E-state index contributed by atoms with van der Waals surface area (Å²) in [6, 6.07) is 3.39. The Bertz CT molecular complexity index is 643. The molecule has 0 amide bonds. The first-order chi connectivity index (χ1) is 11.6. The highest BCUT2D eigenvalue weighted by Crippen LogP contribution is 2.43. The third-order valence-corrected chi connectivity index (χ3v) is 4.92. The Labute approximate surface area is 149 Å². The fraction of sp³-hybridized carbons (Fsp3) is 0.556. The quantitative estimate of drug-likeness (QED) is 0.749. The summed E-state index contributed by atoms with van der Waals surface area (Å²) in [4.78, 5) is 0. The Kier molecular flexibility index (Phi) is 5.39. The number of hydrogen-bond acceptors (Lipinski definition) is 5. The molecule has 0 spiro atoms. The third kappa shape index (κ3) is 3.48. The molecule has 0 aliphatic carbocycles. The van der Waals surface area contributed by atoms with Crippen LogP contribution in [0.1, 0.15) is 40.2 Å². The fourth-order valence-corrected chi connectivity index (χ4v) is 2.56. The van der Waals surface area contributed by atoms with Crippen molar-refractivity contribution in [3.8, 4) is 17.2 Å². The number of halogens is 1. The van der Waals surface area contributed by atoms with Crippen LogP contribution in [0.15, 0.2) is 17.9 Å². The number of methoxy groups -OCH3 is 3. The van der Waals surface area contributed by atoms with Gasteiger partial charge in [-0.25, -0.2) is 4.39 Å². The summed E-state index contributed by atoms with van der Waals surface area (Å²) in [7, 11) is 3.51. The van der Waals surface area contributed by atoms with Gasteiger partial charge in [0.15, 0.2) is 11.5 Å². The van der Waals surface area contributed by atoms with E-state index in [0.717, 1.165) is 0 Å². The molecular weight excluding hydrogens is 326 g/mol. The van der Waals surface area contributed by atoms with E-state index in [4.69, 9.17) is 23.5 Å². The molecule has 1 heterocycles. The SMILES string of the molecule is COc1cc(C(C)=C(F)B2OC(C)(C)C(C)(C)O2)cc(OC)c1OC. The van der Waals surface area contributed by atoms with Crippen molar-refractivity contribution in [3.63, 3.8) is 0 Å². The third-order valence-electron chi connectivity index (χ3n) is 4.92. The van der Waals surface area contributed by atoms with Crippen LogP contribution >= 0.6 is 0 Å². The van der Waals surface area contributed by atoms with Gasteiger partial charge in [0.25, 0.3) is 0 Å². The van der Waals surface area contributed by atoms with Crippen LogP contribution < -0.4 is 14.2 Å². The van der Waals surface area contributed by atoms with Crippen molar-refractivity contribution in [1.29, 1.82) is 0 Å². The lowest BCUT2D eigenvalue weighted by atomic mass is 9.83. The molecule has 0 unspecified atom stereocenters. The monoisotopic (exact) mass is 352 g/mol. The first-order valence-electron chi connectivity index (χ1n) is 8.10. The van der Waals surface area contributed by atoms with Gasteiger partial charge in [-0.1, -0.05) is 0 Å². The molecular formula is C18H26BFO5. The molecule has 138 valence electrons. The van der Waals surface area contributed by atoms with Gasteiger partial charge in [-0.3, -0.25) is 0 Å². The van der Waals surface area contributed by atoms with Crippen LogP contribution in [-0.2, 0) is 9.31 Å². The molecule has 0 atom stereocenters. The van der Waals surface area contributed by atoms with Gasteiger partial charge < -0.3 is 23.5 Å². The number of rotatable bonds is 5. The average Bonchev–Trinajstić information content (AvgIpc) is 2.79. The maximum atomic E-state index is 15.0. The van der Waals surface area contributed by atoms with E-state index in [1.807, 2.05) is 27.7 Å². The van der Waals surface area contributed by atoms with Crippen LogP contribution in [-0.4, -0.2) is 39.6 Å². The zero-order valence-corrected chi connectivity index (χ0v) is 16.2. The van der Waals surface area contributed by atoms with Gasteiger partial charge in [0.1, 0.15) is 5.73 Å². The minimum Gasteiger partial charge on any atom is -0.493 e. The summed E-state index contributed by atoms with van der Waals surface area (Å²) in [5, 5.41) is 0. The minimum absolute atomic E-state index is 0.387. The van der Waals surface area contributed by atoms with Crippen LogP contribution in [0.3, 0.4) is 0 Å². The first-order valence-corrected chi connectivity index (χ1v) is 8.10. The highest BCUT2D eigenvalue weighted by atomic mass is 19.1. The zero-order valence-electron chi connectivity index (χ0n) is 16.2. The molecule has 2 rings (SSSR count). The van der Waals surface area contributed by atoms with Gasteiger partial charge in [0.2, 0.25) is 5.75 Å². The summed E-state index contributed by atoms with van der Waals surface area (Å²) in [6.07, 6.45) is 0. The van der Waals surface area contributed by atoms with Crippen molar-refractivity contribution >= 4 is 12.7 Å². The molecule has 1 aliphatic heterocycles. The predicted molar refractivity (Wildman–Crippen MR) is 95.9 cm³/mol. The fourth-order valence-electron chi connectivity index (χ4n) is 2.56. The average molecular weight is 352 g/mol. The van der Waals surface area contributed by atoms with E-state index in [1.54, 1.807) is 19.1 Å². The lowest BCUT2D eigenvalue weighted by molar-refractivity contribution is 0.00578. The van der Waals surface area contributed by atoms with E-state index in [-0.39, 0.29) is 0 Å². The molecule has 1 saturated heterocycles. The second kappa shape index (κ2) is 6.88. The van der Waals surface area contributed by atoms with Gasteiger partial charge in [-0.15, -0.1) is 0 Å². The summed E-state index contributed by atoms with van der Waals surface area (Å²) in [5.41, 5.74) is -0.706. The van der Waals surface area contributed by atoms with Crippen molar-refractivity contribution in [2.75, 3.05) is 21.3 Å². The van der Waals surface area contributed by atoms with Gasteiger partial charge >= 0.3 is 7.12 Å². The summed E-state index contributed by atoms with van der Waals surface area (Å²) in [6.45, 7) is 9.20. The van der Waals surface area contributed by atoms with Crippen molar-refractivity contribution in [2.24, 2.45) is 0 Å². The van der Waals surface area contributed by atoms with E-state index in [0.29, 0.717) is 28.4 Å². The van der Waals surface area contributed by atoms with Crippen LogP contribution in [0.5, 0.6) is 17.2 Å². The topological polar surface area (TPSA) is 46.2 Å². The lowest BCUT2D eigenvalue weighted by Gasteiger charge is -2.32. The molecule has 1 aromatic rings. The summed E-state index contributed by atoms with van der Waals surface area (Å²) >= 11 is 0. The number of hydrogen-bond donors (Lipinski definition) is 0. The van der Waals surface area contributed by atoms with Gasteiger partial charge in [-0.05, 0) is 57.9 Å². The van der Waals surface area contributed by atoms with Crippen LogP contribution in [0, 0.1) is 0 Å². The molecule has 0 aromatic heterocycles. The first kappa shape index (κ1) is 19.6. The standard InChI is InChI=1S/C18H26BFO5/c1-11(16(20)19-24-17(2,3)18(4,5)25-19)12-9-13(21-6)15(23-8)14(10-12)22-7/h9-10H,1-8H3. The maximum Gasteiger partial charge on any atom is 0.525 e. The minimum atomic E-state index is -1.05. The Morgan fingerprint density at radius 2 is 1.36 bits per heavy atom. The second-order valence-electron chi connectivity index (χ2n) is 6.98. The lowest BCUT2D eigenvalue weighted by Crippen LogP contribution is -2.41.